The third kappa shape index (κ3) is 3.62. The molecule has 1 N–H and O–H groups in total. The van der Waals surface area contributed by atoms with Crippen LogP contribution in [0.5, 0.6) is 0 Å². The maximum absolute atomic E-state index is 10.3. The normalized spacial score (nSPS) is 10.3. The van der Waals surface area contributed by atoms with Gasteiger partial charge < -0.3 is 5.11 Å². The summed E-state index contributed by atoms with van der Waals surface area (Å²) < 4.78 is 0. The molecule has 5 nitrogen and oxygen atoms in total. The van der Waals surface area contributed by atoms with Gasteiger partial charge in [-0.05, 0) is 13.1 Å². The van der Waals surface area contributed by atoms with Crippen molar-refractivity contribution in [3.8, 4) is 0 Å². The summed E-state index contributed by atoms with van der Waals surface area (Å²) in [6.45, 7) is 0.540. The van der Waals surface area contributed by atoms with Crippen LogP contribution >= 0.6 is 0 Å². The number of carboxylic acids is 1. The van der Waals surface area contributed by atoms with E-state index in [1.807, 2.05) is 0 Å². The molecular formula is C8H11N3O2. The highest BCUT2D eigenvalue weighted by atomic mass is 16.4. The molecule has 0 saturated heterocycles. The van der Waals surface area contributed by atoms with Crippen molar-refractivity contribution in [1.29, 1.82) is 0 Å². The first kappa shape index (κ1) is 9.60. The third-order valence-electron chi connectivity index (χ3n) is 1.48. The fraction of sp³-hybridized carbons (Fsp3) is 0.375. The van der Waals surface area contributed by atoms with E-state index in [4.69, 9.17) is 5.11 Å². The van der Waals surface area contributed by atoms with E-state index in [1.165, 1.54) is 6.33 Å². The molecular weight excluding hydrogens is 170 g/mol. The van der Waals surface area contributed by atoms with Crippen LogP contribution < -0.4 is 0 Å². The zero-order valence-electron chi connectivity index (χ0n) is 7.34. The quantitative estimate of drug-likeness (QED) is 0.707. The highest BCUT2D eigenvalue weighted by Gasteiger charge is 2.04. The van der Waals surface area contributed by atoms with Crippen LogP contribution in [0.25, 0.3) is 0 Å². The third-order valence-corrected chi connectivity index (χ3v) is 1.48. The summed E-state index contributed by atoms with van der Waals surface area (Å²) >= 11 is 0. The lowest BCUT2D eigenvalue weighted by atomic mass is 10.4. The first-order valence-electron chi connectivity index (χ1n) is 3.83. The Labute approximate surface area is 76.0 Å². The van der Waals surface area contributed by atoms with E-state index in [0.29, 0.717) is 6.54 Å². The van der Waals surface area contributed by atoms with Gasteiger partial charge >= 0.3 is 5.97 Å². The summed E-state index contributed by atoms with van der Waals surface area (Å²) in [6.07, 6.45) is 3.08. The number of aliphatic carboxylic acids is 1. The lowest BCUT2D eigenvalue weighted by molar-refractivity contribution is -0.138. The predicted molar refractivity (Wildman–Crippen MR) is 46.0 cm³/mol. The molecule has 5 heteroatoms. The zero-order valence-corrected chi connectivity index (χ0v) is 7.34. The van der Waals surface area contributed by atoms with Crippen LogP contribution in [0, 0.1) is 0 Å². The molecule has 0 aliphatic rings. The molecule has 0 aliphatic carbocycles. The second-order valence-electron chi connectivity index (χ2n) is 2.77. The van der Waals surface area contributed by atoms with Gasteiger partial charge in [0.05, 0.1) is 12.2 Å². The molecule has 0 unspecified atom stereocenters. The Hall–Kier alpha value is -1.49. The predicted octanol–water partition coefficient (Wildman–Crippen LogP) is -0.00700. The summed E-state index contributed by atoms with van der Waals surface area (Å²) in [4.78, 5) is 19.7. The average Bonchev–Trinajstić information content (AvgIpc) is 2.04. The number of likely N-dealkylation sites (N-methyl/N-ethyl adjacent to an activating group) is 1. The van der Waals surface area contributed by atoms with Crippen LogP contribution in [-0.2, 0) is 11.3 Å². The summed E-state index contributed by atoms with van der Waals surface area (Å²) in [6, 6.07) is 1.76. The molecule has 1 aromatic rings. The molecule has 70 valence electrons. The van der Waals surface area contributed by atoms with Gasteiger partial charge in [-0.25, -0.2) is 9.97 Å². The molecule has 0 radical (unpaired) electrons. The van der Waals surface area contributed by atoms with Crippen LogP contribution in [0.2, 0.25) is 0 Å². The minimum Gasteiger partial charge on any atom is -0.480 e. The van der Waals surface area contributed by atoms with Gasteiger partial charge in [0.25, 0.3) is 0 Å². The number of hydrogen-bond acceptors (Lipinski definition) is 4. The van der Waals surface area contributed by atoms with Crippen molar-refractivity contribution in [2.45, 2.75) is 6.54 Å². The lowest BCUT2D eigenvalue weighted by Crippen LogP contribution is -2.25. The Kier molecular flexibility index (Phi) is 3.33. The van der Waals surface area contributed by atoms with Crippen LogP contribution in [-0.4, -0.2) is 39.5 Å². The van der Waals surface area contributed by atoms with Gasteiger partial charge in [-0.3, -0.25) is 9.69 Å². The van der Waals surface area contributed by atoms with Crippen molar-refractivity contribution < 1.29 is 9.90 Å². The van der Waals surface area contributed by atoms with Crippen molar-refractivity contribution in [1.82, 2.24) is 14.9 Å². The first-order chi connectivity index (χ1) is 6.18. The number of carbonyl (C=O) groups is 1. The van der Waals surface area contributed by atoms with Gasteiger partial charge in [-0.1, -0.05) is 0 Å². The monoisotopic (exact) mass is 181 g/mol. The van der Waals surface area contributed by atoms with E-state index in [0.717, 1.165) is 5.69 Å². The Balaban J connectivity index is 2.45. The maximum Gasteiger partial charge on any atom is 0.317 e. The second-order valence-corrected chi connectivity index (χ2v) is 2.77. The van der Waals surface area contributed by atoms with Crippen molar-refractivity contribution in [3.05, 3.63) is 24.3 Å². The minimum atomic E-state index is -0.837. The molecule has 1 rings (SSSR count). The van der Waals surface area contributed by atoms with E-state index < -0.39 is 5.97 Å². The highest BCUT2D eigenvalue weighted by Crippen LogP contribution is 1.96. The van der Waals surface area contributed by atoms with E-state index >= 15 is 0 Å². The van der Waals surface area contributed by atoms with Crippen molar-refractivity contribution in [2.24, 2.45) is 0 Å². The molecule has 1 heterocycles. The van der Waals surface area contributed by atoms with E-state index in [9.17, 15) is 4.79 Å². The van der Waals surface area contributed by atoms with Crippen molar-refractivity contribution in [2.75, 3.05) is 13.6 Å². The van der Waals surface area contributed by atoms with E-state index in [-0.39, 0.29) is 6.54 Å². The fourth-order valence-electron chi connectivity index (χ4n) is 0.975. The fourth-order valence-corrected chi connectivity index (χ4v) is 0.975. The van der Waals surface area contributed by atoms with Crippen molar-refractivity contribution >= 4 is 5.97 Å². The number of rotatable bonds is 4. The van der Waals surface area contributed by atoms with Gasteiger partial charge in [-0.2, -0.15) is 0 Å². The lowest BCUT2D eigenvalue weighted by Gasteiger charge is -2.12. The molecule has 13 heavy (non-hydrogen) atoms. The first-order valence-corrected chi connectivity index (χ1v) is 3.83. The number of aromatic nitrogens is 2. The molecule has 0 aromatic carbocycles. The molecule has 0 saturated carbocycles. The SMILES string of the molecule is CN(CC(=O)O)Cc1ccncn1. The Morgan fingerprint density at radius 1 is 1.69 bits per heavy atom. The maximum atomic E-state index is 10.3. The molecule has 0 bridgehead atoms. The molecule has 0 fully saturated rings. The van der Waals surface area contributed by atoms with E-state index in [1.54, 1.807) is 24.2 Å². The summed E-state index contributed by atoms with van der Waals surface area (Å²) in [5, 5.41) is 8.49. The Morgan fingerprint density at radius 3 is 3.00 bits per heavy atom. The van der Waals surface area contributed by atoms with Crippen LogP contribution in [0.3, 0.4) is 0 Å². The smallest absolute Gasteiger partial charge is 0.317 e. The summed E-state index contributed by atoms with van der Waals surface area (Å²) in [5.41, 5.74) is 0.818. The number of nitrogens with zero attached hydrogens (tertiary/aromatic N) is 3. The Bertz CT molecular complexity index is 276. The topological polar surface area (TPSA) is 66.3 Å². The van der Waals surface area contributed by atoms with Crippen molar-refractivity contribution in [3.63, 3.8) is 0 Å². The van der Waals surface area contributed by atoms with Gasteiger partial charge in [0.1, 0.15) is 6.33 Å². The number of hydrogen-bond donors (Lipinski definition) is 1. The molecule has 1 aromatic heterocycles. The van der Waals surface area contributed by atoms with Crippen LogP contribution in [0.4, 0.5) is 0 Å². The summed E-state index contributed by atoms with van der Waals surface area (Å²) in [7, 11) is 1.73. The molecule has 0 spiro atoms. The van der Waals surface area contributed by atoms with Crippen LogP contribution in [0.15, 0.2) is 18.6 Å². The molecule has 0 atom stereocenters. The van der Waals surface area contributed by atoms with Gasteiger partial charge in [-0.15, -0.1) is 0 Å². The Morgan fingerprint density at radius 2 is 2.46 bits per heavy atom. The van der Waals surface area contributed by atoms with Crippen LogP contribution in [0.1, 0.15) is 5.69 Å². The van der Waals surface area contributed by atoms with Gasteiger partial charge in [0.15, 0.2) is 0 Å². The highest BCUT2D eigenvalue weighted by molar-refractivity contribution is 5.68. The number of carboxylic acid groups (broad SMARTS) is 1. The summed E-state index contributed by atoms with van der Waals surface area (Å²) in [5.74, 6) is -0.837. The van der Waals surface area contributed by atoms with Gasteiger partial charge in [0.2, 0.25) is 0 Å². The average molecular weight is 181 g/mol. The molecule has 0 aliphatic heterocycles. The van der Waals surface area contributed by atoms with E-state index in [2.05, 4.69) is 9.97 Å². The van der Waals surface area contributed by atoms with Gasteiger partial charge in [0, 0.05) is 12.7 Å². The minimum absolute atomic E-state index is 0.0179. The zero-order chi connectivity index (χ0) is 9.68. The second kappa shape index (κ2) is 4.51. The standard InChI is InChI=1S/C8H11N3O2/c1-11(5-8(12)13)4-7-2-3-9-6-10-7/h2-3,6H,4-5H2,1H3,(H,12,13). The largest absolute Gasteiger partial charge is 0.480 e. The molecule has 0 amide bonds.